The molecule has 0 heterocycles. The van der Waals surface area contributed by atoms with Crippen LogP contribution in [0.2, 0.25) is 0 Å². The zero-order valence-corrected chi connectivity index (χ0v) is 9.06. The Morgan fingerprint density at radius 2 is 1.40 bits per heavy atom. The van der Waals surface area contributed by atoms with Crippen LogP contribution >= 0.6 is 37.9 Å². The first-order valence-electron chi connectivity index (χ1n) is 3.57. The van der Waals surface area contributed by atoms with Crippen molar-refractivity contribution in [2.24, 2.45) is 5.41 Å². The van der Waals surface area contributed by atoms with E-state index in [4.69, 9.17) is 0 Å². The Bertz CT molecular complexity index is 70.7. The third-order valence-electron chi connectivity index (χ3n) is 1.79. The molecule has 62 valence electrons. The fourth-order valence-corrected chi connectivity index (χ4v) is 2.59. The van der Waals surface area contributed by atoms with Gasteiger partial charge in [0.05, 0.1) is 0 Å². The van der Waals surface area contributed by atoms with Crippen LogP contribution in [-0.2, 0) is 0 Å². The summed E-state index contributed by atoms with van der Waals surface area (Å²) in [5, 5.41) is 0. The summed E-state index contributed by atoms with van der Waals surface area (Å²) in [7, 11) is 0. The van der Waals surface area contributed by atoms with E-state index < -0.39 is 0 Å². The predicted molar refractivity (Wildman–Crippen MR) is 58.9 cm³/mol. The van der Waals surface area contributed by atoms with E-state index in [1.165, 1.54) is 12.8 Å². The van der Waals surface area contributed by atoms with Crippen molar-refractivity contribution < 1.29 is 0 Å². The van der Waals surface area contributed by atoms with Gasteiger partial charge in [0, 0.05) is 0 Å². The van der Waals surface area contributed by atoms with Gasteiger partial charge in [0.25, 0.3) is 0 Å². The van der Waals surface area contributed by atoms with Crippen molar-refractivity contribution in [1.82, 2.24) is 0 Å². The molecular formula is C7H16S3. The maximum atomic E-state index is 4.30. The van der Waals surface area contributed by atoms with Crippen molar-refractivity contribution in [2.75, 3.05) is 17.3 Å². The van der Waals surface area contributed by atoms with Crippen LogP contribution in [-0.4, -0.2) is 17.3 Å². The molecule has 0 unspecified atom stereocenters. The second kappa shape index (κ2) is 5.67. The maximum absolute atomic E-state index is 4.30. The summed E-state index contributed by atoms with van der Waals surface area (Å²) in [6, 6.07) is 0. The molecule has 0 aromatic heterocycles. The molecule has 0 rings (SSSR count). The van der Waals surface area contributed by atoms with Crippen LogP contribution in [0.15, 0.2) is 0 Å². The number of hydrogen-bond acceptors (Lipinski definition) is 3. The Labute approximate surface area is 80.4 Å². The summed E-state index contributed by atoms with van der Waals surface area (Å²) in [6.45, 7) is 2.19. The highest BCUT2D eigenvalue weighted by atomic mass is 32.1. The first-order chi connectivity index (χ1) is 4.74. The van der Waals surface area contributed by atoms with Crippen LogP contribution in [0.1, 0.15) is 19.8 Å². The smallest absolute Gasteiger partial charge is 0.00255 e. The standard InChI is InChI=1S/C7H16S3/c1-2-3-7(4-8,5-9)6-10/h8-10H,2-6H2,1H3. The van der Waals surface area contributed by atoms with Gasteiger partial charge in [0.2, 0.25) is 0 Å². The molecule has 3 heteroatoms. The second-order valence-electron chi connectivity index (χ2n) is 2.72. The molecule has 0 atom stereocenters. The quantitative estimate of drug-likeness (QED) is 0.553. The van der Waals surface area contributed by atoms with Gasteiger partial charge in [-0.25, -0.2) is 0 Å². The Morgan fingerprint density at radius 1 is 1.00 bits per heavy atom. The van der Waals surface area contributed by atoms with Gasteiger partial charge in [0.15, 0.2) is 0 Å². The van der Waals surface area contributed by atoms with Gasteiger partial charge in [-0.15, -0.1) is 0 Å². The van der Waals surface area contributed by atoms with Crippen molar-refractivity contribution >= 4 is 37.9 Å². The molecule has 0 aromatic rings. The van der Waals surface area contributed by atoms with Gasteiger partial charge in [-0.2, -0.15) is 37.9 Å². The van der Waals surface area contributed by atoms with E-state index in [0.29, 0.717) is 0 Å². The van der Waals surface area contributed by atoms with Crippen molar-refractivity contribution in [3.63, 3.8) is 0 Å². The lowest BCUT2D eigenvalue weighted by atomic mass is 9.90. The molecule has 0 N–H and O–H groups in total. The van der Waals surface area contributed by atoms with Crippen molar-refractivity contribution in [3.05, 3.63) is 0 Å². The molecule has 0 bridgehead atoms. The van der Waals surface area contributed by atoms with E-state index in [9.17, 15) is 0 Å². The SMILES string of the molecule is CCCC(CS)(CS)CS. The van der Waals surface area contributed by atoms with Crippen LogP contribution in [0.5, 0.6) is 0 Å². The van der Waals surface area contributed by atoms with Crippen LogP contribution in [0.3, 0.4) is 0 Å². The zero-order valence-electron chi connectivity index (χ0n) is 6.38. The minimum absolute atomic E-state index is 0.268. The monoisotopic (exact) mass is 196 g/mol. The minimum Gasteiger partial charge on any atom is -0.179 e. The van der Waals surface area contributed by atoms with Crippen molar-refractivity contribution in [3.8, 4) is 0 Å². The summed E-state index contributed by atoms with van der Waals surface area (Å²) < 4.78 is 0. The highest BCUT2D eigenvalue weighted by Crippen LogP contribution is 2.28. The topological polar surface area (TPSA) is 0 Å². The van der Waals surface area contributed by atoms with Gasteiger partial charge in [-0.05, 0) is 29.1 Å². The Hall–Kier alpha value is 1.05. The minimum atomic E-state index is 0.268. The molecule has 0 aliphatic carbocycles. The van der Waals surface area contributed by atoms with E-state index in [0.717, 1.165) is 17.3 Å². The summed E-state index contributed by atoms with van der Waals surface area (Å²) in [6.07, 6.45) is 2.38. The molecule has 0 spiro atoms. The van der Waals surface area contributed by atoms with Crippen molar-refractivity contribution in [2.45, 2.75) is 19.8 Å². The van der Waals surface area contributed by atoms with Crippen LogP contribution in [0, 0.1) is 5.41 Å². The Kier molecular flexibility index (Phi) is 6.26. The van der Waals surface area contributed by atoms with Gasteiger partial charge >= 0.3 is 0 Å². The molecule has 0 aliphatic heterocycles. The van der Waals surface area contributed by atoms with Crippen molar-refractivity contribution in [1.29, 1.82) is 0 Å². The van der Waals surface area contributed by atoms with Gasteiger partial charge in [-0.1, -0.05) is 13.3 Å². The van der Waals surface area contributed by atoms with Crippen LogP contribution in [0.25, 0.3) is 0 Å². The fraction of sp³-hybridized carbons (Fsp3) is 1.00. The average Bonchev–Trinajstić information content (AvgIpc) is 2.01. The van der Waals surface area contributed by atoms with Gasteiger partial charge in [-0.3, -0.25) is 0 Å². The lowest BCUT2D eigenvalue weighted by molar-refractivity contribution is 0.404. The molecule has 0 nitrogen and oxygen atoms in total. The fourth-order valence-electron chi connectivity index (χ4n) is 0.918. The molecule has 0 amide bonds. The second-order valence-corrected chi connectivity index (χ2v) is 3.67. The zero-order chi connectivity index (χ0) is 8.04. The molecule has 0 fully saturated rings. The first kappa shape index (κ1) is 11.1. The Morgan fingerprint density at radius 3 is 1.50 bits per heavy atom. The number of rotatable bonds is 5. The van der Waals surface area contributed by atoms with Crippen LogP contribution in [0.4, 0.5) is 0 Å². The molecule has 0 radical (unpaired) electrons. The lowest BCUT2D eigenvalue weighted by Crippen LogP contribution is -2.27. The van der Waals surface area contributed by atoms with E-state index in [-0.39, 0.29) is 5.41 Å². The third-order valence-corrected chi connectivity index (χ3v) is 3.80. The molecule has 0 aliphatic rings. The molecular weight excluding hydrogens is 180 g/mol. The van der Waals surface area contributed by atoms with E-state index in [1.807, 2.05) is 0 Å². The molecule has 0 saturated heterocycles. The Balaban J connectivity index is 3.87. The number of thiol groups is 3. The van der Waals surface area contributed by atoms with Crippen LogP contribution < -0.4 is 0 Å². The summed E-state index contributed by atoms with van der Waals surface area (Å²) in [5.41, 5.74) is 0.268. The highest BCUT2D eigenvalue weighted by Gasteiger charge is 2.23. The molecule has 10 heavy (non-hydrogen) atoms. The summed E-state index contributed by atoms with van der Waals surface area (Å²) in [4.78, 5) is 0. The van der Waals surface area contributed by atoms with E-state index in [1.54, 1.807) is 0 Å². The molecule has 0 aromatic carbocycles. The van der Waals surface area contributed by atoms with Gasteiger partial charge < -0.3 is 0 Å². The highest BCUT2D eigenvalue weighted by molar-refractivity contribution is 7.82. The third kappa shape index (κ3) is 2.97. The van der Waals surface area contributed by atoms with E-state index in [2.05, 4.69) is 44.8 Å². The average molecular weight is 196 g/mol. The largest absolute Gasteiger partial charge is 0.179 e. The first-order valence-corrected chi connectivity index (χ1v) is 5.47. The van der Waals surface area contributed by atoms with E-state index >= 15 is 0 Å². The predicted octanol–water partition coefficient (Wildman–Crippen LogP) is 2.56. The summed E-state index contributed by atoms with van der Waals surface area (Å²) >= 11 is 12.9. The van der Waals surface area contributed by atoms with Gasteiger partial charge in [0.1, 0.15) is 0 Å². The normalized spacial score (nSPS) is 12.0. The summed E-state index contributed by atoms with van der Waals surface area (Å²) in [5.74, 6) is 2.69. The lowest BCUT2D eigenvalue weighted by Gasteiger charge is -2.27. The maximum Gasteiger partial charge on any atom is -0.00255 e. The number of hydrogen-bond donors (Lipinski definition) is 3. The molecule has 0 saturated carbocycles.